The molecule has 0 bridgehead atoms. The van der Waals surface area contributed by atoms with Gasteiger partial charge in [0, 0.05) is 11.2 Å². The lowest BCUT2D eigenvalue weighted by Crippen LogP contribution is -2.38. The van der Waals surface area contributed by atoms with E-state index in [0.29, 0.717) is 6.42 Å². The van der Waals surface area contributed by atoms with Gasteiger partial charge in [-0.25, -0.2) is 0 Å². The molecule has 0 aromatic heterocycles. The Balaban J connectivity index is 2.80. The van der Waals surface area contributed by atoms with E-state index >= 15 is 0 Å². The molecule has 0 aromatic carbocycles. The van der Waals surface area contributed by atoms with Gasteiger partial charge in [-0.1, -0.05) is 6.42 Å². The zero-order valence-electron chi connectivity index (χ0n) is 7.56. The first-order chi connectivity index (χ1) is 6.04. The number of ketones is 1. The van der Waals surface area contributed by atoms with Crippen molar-refractivity contribution in [1.82, 2.24) is 0 Å². The van der Waals surface area contributed by atoms with E-state index in [9.17, 15) is 9.59 Å². The van der Waals surface area contributed by atoms with Crippen LogP contribution in [0, 0.1) is 11.8 Å². The number of hydrogen-bond acceptors (Lipinski definition) is 3. The number of thiol groups is 1. The molecule has 1 N–H and O–H groups in total. The van der Waals surface area contributed by atoms with Crippen molar-refractivity contribution in [1.29, 1.82) is 0 Å². The molecular formula is C9H14O3S. The topological polar surface area (TPSA) is 54.4 Å². The van der Waals surface area contributed by atoms with Crippen molar-refractivity contribution in [2.45, 2.75) is 31.4 Å². The fourth-order valence-electron chi connectivity index (χ4n) is 1.97. The number of aliphatic carboxylic acids is 1. The monoisotopic (exact) mass is 202 g/mol. The molecule has 74 valence electrons. The normalized spacial score (nSPS) is 34.2. The van der Waals surface area contributed by atoms with Gasteiger partial charge in [0.2, 0.25) is 0 Å². The Morgan fingerprint density at radius 3 is 2.38 bits per heavy atom. The molecule has 1 rings (SSSR count). The van der Waals surface area contributed by atoms with E-state index in [1.165, 1.54) is 6.92 Å². The van der Waals surface area contributed by atoms with Crippen LogP contribution in [-0.4, -0.2) is 22.1 Å². The van der Waals surface area contributed by atoms with Crippen molar-refractivity contribution in [2.75, 3.05) is 0 Å². The number of carboxylic acid groups (broad SMARTS) is 1. The van der Waals surface area contributed by atoms with Crippen LogP contribution in [-0.2, 0) is 9.59 Å². The van der Waals surface area contributed by atoms with Gasteiger partial charge in [0.15, 0.2) is 0 Å². The molecule has 13 heavy (non-hydrogen) atoms. The van der Waals surface area contributed by atoms with Crippen molar-refractivity contribution in [3.05, 3.63) is 0 Å². The minimum Gasteiger partial charge on any atom is -0.481 e. The first kappa shape index (κ1) is 10.6. The first-order valence-corrected chi connectivity index (χ1v) is 4.97. The number of carbonyl (C=O) groups is 2. The van der Waals surface area contributed by atoms with Gasteiger partial charge >= 0.3 is 5.97 Å². The predicted molar refractivity (Wildman–Crippen MR) is 51.9 cm³/mol. The van der Waals surface area contributed by atoms with Crippen LogP contribution in [0.3, 0.4) is 0 Å². The maximum Gasteiger partial charge on any atom is 0.308 e. The van der Waals surface area contributed by atoms with Crippen LogP contribution in [0.25, 0.3) is 0 Å². The van der Waals surface area contributed by atoms with Crippen LogP contribution < -0.4 is 0 Å². The van der Waals surface area contributed by atoms with Crippen molar-refractivity contribution in [2.24, 2.45) is 11.8 Å². The largest absolute Gasteiger partial charge is 0.481 e. The van der Waals surface area contributed by atoms with E-state index in [-0.39, 0.29) is 17.0 Å². The van der Waals surface area contributed by atoms with Gasteiger partial charge in [0.25, 0.3) is 0 Å². The van der Waals surface area contributed by atoms with Crippen LogP contribution in [0.2, 0.25) is 0 Å². The molecule has 0 saturated heterocycles. The van der Waals surface area contributed by atoms with E-state index in [1.807, 2.05) is 0 Å². The number of Topliss-reactive ketones (excluding diaryl/α,β-unsaturated/α-hetero) is 1. The molecule has 3 nitrogen and oxygen atoms in total. The highest BCUT2D eigenvalue weighted by Gasteiger charge is 2.38. The molecule has 0 aliphatic heterocycles. The van der Waals surface area contributed by atoms with E-state index in [0.717, 1.165) is 12.8 Å². The summed E-state index contributed by atoms with van der Waals surface area (Å²) < 4.78 is 0. The van der Waals surface area contributed by atoms with Gasteiger partial charge in [0.05, 0.1) is 5.92 Å². The Morgan fingerprint density at radius 1 is 1.38 bits per heavy atom. The minimum absolute atomic E-state index is 0.0221. The summed E-state index contributed by atoms with van der Waals surface area (Å²) in [7, 11) is 0. The Morgan fingerprint density at radius 2 is 2.00 bits per heavy atom. The molecule has 4 heteroatoms. The van der Waals surface area contributed by atoms with Crippen molar-refractivity contribution < 1.29 is 14.7 Å². The van der Waals surface area contributed by atoms with E-state index in [4.69, 9.17) is 5.11 Å². The highest BCUT2D eigenvalue weighted by atomic mass is 32.1. The van der Waals surface area contributed by atoms with Crippen molar-refractivity contribution in [3.8, 4) is 0 Å². The molecule has 3 atom stereocenters. The number of carboxylic acids is 1. The van der Waals surface area contributed by atoms with E-state index in [1.54, 1.807) is 0 Å². The standard InChI is InChI=1S/C9H14O3S/c1-5(10)6-3-2-4-7(13)8(6)9(11)12/h6-8,13H,2-4H2,1H3,(H,11,12). The predicted octanol–water partition coefficient (Wildman–Crippen LogP) is 1.37. The van der Waals surface area contributed by atoms with Crippen LogP contribution in [0.15, 0.2) is 0 Å². The lowest BCUT2D eigenvalue weighted by atomic mass is 9.77. The molecule has 1 fully saturated rings. The minimum atomic E-state index is -0.889. The maximum absolute atomic E-state index is 11.2. The summed E-state index contributed by atoms with van der Waals surface area (Å²) in [6.45, 7) is 1.46. The highest BCUT2D eigenvalue weighted by Crippen LogP contribution is 2.34. The fraction of sp³-hybridized carbons (Fsp3) is 0.778. The Kier molecular flexibility index (Phi) is 3.36. The van der Waals surface area contributed by atoms with Gasteiger partial charge < -0.3 is 5.11 Å². The van der Waals surface area contributed by atoms with Gasteiger partial charge in [-0.05, 0) is 19.8 Å². The number of hydrogen-bond donors (Lipinski definition) is 2. The lowest BCUT2D eigenvalue weighted by Gasteiger charge is -2.31. The smallest absolute Gasteiger partial charge is 0.308 e. The summed E-state index contributed by atoms with van der Waals surface area (Å²) in [5, 5.41) is 8.76. The Bertz CT molecular complexity index is 227. The average molecular weight is 202 g/mol. The maximum atomic E-state index is 11.2. The Labute approximate surface area is 82.9 Å². The summed E-state index contributed by atoms with van der Waals surface area (Å²) in [5.41, 5.74) is 0. The van der Waals surface area contributed by atoms with Gasteiger partial charge in [-0.15, -0.1) is 0 Å². The zero-order chi connectivity index (χ0) is 10.0. The van der Waals surface area contributed by atoms with Gasteiger partial charge in [-0.3, -0.25) is 9.59 Å². The van der Waals surface area contributed by atoms with Gasteiger partial charge in [-0.2, -0.15) is 12.6 Å². The average Bonchev–Trinajstić information content (AvgIpc) is 2.02. The molecule has 1 aliphatic rings. The summed E-state index contributed by atoms with van der Waals surface area (Å²) in [6.07, 6.45) is 2.40. The third-order valence-corrected chi connectivity index (χ3v) is 3.25. The molecule has 0 aromatic rings. The lowest BCUT2D eigenvalue weighted by molar-refractivity contribution is -0.147. The summed E-state index contributed by atoms with van der Waals surface area (Å²) >= 11 is 4.22. The van der Waals surface area contributed by atoms with Crippen molar-refractivity contribution >= 4 is 24.4 Å². The van der Waals surface area contributed by atoms with E-state index < -0.39 is 11.9 Å². The summed E-state index contributed by atoms with van der Waals surface area (Å²) in [4.78, 5) is 22.0. The second-order valence-electron chi connectivity index (χ2n) is 3.58. The molecule has 1 saturated carbocycles. The van der Waals surface area contributed by atoms with Crippen LogP contribution in [0.4, 0.5) is 0 Å². The molecule has 0 amide bonds. The number of rotatable bonds is 2. The highest BCUT2D eigenvalue weighted by molar-refractivity contribution is 7.81. The molecule has 1 aliphatic carbocycles. The number of carbonyl (C=O) groups excluding carboxylic acids is 1. The second-order valence-corrected chi connectivity index (χ2v) is 4.24. The molecular weight excluding hydrogens is 188 g/mol. The molecule has 0 spiro atoms. The third kappa shape index (κ3) is 2.24. The van der Waals surface area contributed by atoms with E-state index in [2.05, 4.69) is 12.6 Å². The molecule has 3 unspecified atom stereocenters. The van der Waals surface area contributed by atoms with Crippen LogP contribution in [0.1, 0.15) is 26.2 Å². The summed E-state index contributed by atoms with van der Waals surface area (Å²) in [6, 6.07) is 0. The SMILES string of the molecule is CC(=O)C1CCCC(S)C1C(=O)O. The first-order valence-electron chi connectivity index (χ1n) is 4.45. The van der Waals surface area contributed by atoms with Crippen LogP contribution in [0.5, 0.6) is 0 Å². The van der Waals surface area contributed by atoms with Crippen molar-refractivity contribution in [3.63, 3.8) is 0 Å². The Hall–Kier alpha value is -0.510. The van der Waals surface area contributed by atoms with Crippen LogP contribution >= 0.6 is 12.6 Å². The van der Waals surface area contributed by atoms with Gasteiger partial charge in [0.1, 0.15) is 5.78 Å². The second kappa shape index (κ2) is 4.13. The zero-order valence-corrected chi connectivity index (χ0v) is 8.46. The quantitative estimate of drug-likeness (QED) is 0.665. The third-order valence-electron chi connectivity index (χ3n) is 2.67. The fourth-order valence-corrected chi connectivity index (χ4v) is 2.48. The molecule has 0 radical (unpaired) electrons. The molecule has 0 heterocycles. The summed E-state index contributed by atoms with van der Waals surface area (Å²) in [5.74, 6) is -1.82.